The summed E-state index contributed by atoms with van der Waals surface area (Å²) in [7, 11) is 0. The Morgan fingerprint density at radius 1 is 0.489 bits per heavy atom. The van der Waals surface area contributed by atoms with Crippen LogP contribution in [-0.4, -0.2) is 19.5 Å². The molecule has 1 aliphatic carbocycles. The Morgan fingerprint density at radius 3 is 2.06 bits per heavy atom. The van der Waals surface area contributed by atoms with Gasteiger partial charge in [0.25, 0.3) is 0 Å². The maximum atomic E-state index is 6.26. The number of rotatable bonds is 3. The van der Waals surface area contributed by atoms with Gasteiger partial charge in [-0.2, -0.15) is 9.97 Å². The Bertz CT molecular complexity index is 2720. The Labute approximate surface area is 270 Å². The lowest BCUT2D eigenvalue weighted by Gasteiger charge is -2.21. The van der Waals surface area contributed by atoms with Gasteiger partial charge in [-0.05, 0) is 58.7 Å². The SMILES string of the molecule is CC1(C)c2ccccc2-c2cc3c(cc21)c1ccccc1n3-c1nc(-c2ccccc2)nc(-c2ccc3c(c2)oc2ccccc23)n1. The van der Waals surface area contributed by atoms with Crippen molar-refractivity contribution in [1.29, 1.82) is 0 Å². The molecule has 0 saturated carbocycles. The number of furan rings is 1. The maximum Gasteiger partial charge on any atom is 0.238 e. The zero-order valence-corrected chi connectivity index (χ0v) is 25.9. The highest BCUT2D eigenvalue weighted by Crippen LogP contribution is 2.51. The molecule has 5 heteroatoms. The van der Waals surface area contributed by atoms with Gasteiger partial charge in [0, 0.05) is 38.1 Å². The van der Waals surface area contributed by atoms with Crippen LogP contribution in [0.15, 0.2) is 138 Å². The summed E-state index contributed by atoms with van der Waals surface area (Å²) in [6.45, 7) is 4.65. The fourth-order valence-electron chi connectivity index (χ4n) is 7.55. The molecule has 1 aliphatic rings. The van der Waals surface area contributed by atoms with Crippen LogP contribution in [0.5, 0.6) is 0 Å². The molecule has 222 valence electrons. The highest BCUT2D eigenvalue weighted by Gasteiger charge is 2.36. The van der Waals surface area contributed by atoms with E-state index in [0.29, 0.717) is 17.6 Å². The fraction of sp³-hybridized carbons (Fsp3) is 0.0714. The number of hydrogen-bond donors (Lipinski definition) is 0. The predicted octanol–water partition coefficient (Wildman–Crippen LogP) is 10.5. The fourth-order valence-corrected chi connectivity index (χ4v) is 7.55. The van der Waals surface area contributed by atoms with E-state index in [1.165, 1.54) is 33.0 Å². The molecular weight excluding hydrogens is 576 g/mol. The molecule has 0 bridgehead atoms. The molecule has 0 atom stereocenters. The van der Waals surface area contributed by atoms with Gasteiger partial charge in [0.15, 0.2) is 11.6 Å². The number of aromatic nitrogens is 4. The quantitative estimate of drug-likeness (QED) is 0.201. The van der Waals surface area contributed by atoms with Crippen molar-refractivity contribution >= 4 is 43.7 Å². The van der Waals surface area contributed by atoms with E-state index in [9.17, 15) is 0 Å². The van der Waals surface area contributed by atoms with Gasteiger partial charge in [0.1, 0.15) is 11.2 Å². The molecule has 0 amide bonds. The van der Waals surface area contributed by atoms with E-state index < -0.39 is 0 Å². The molecule has 47 heavy (non-hydrogen) atoms. The minimum Gasteiger partial charge on any atom is -0.456 e. The second kappa shape index (κ2) is 9.47. The Morgan fingerprint density at radius 2 is 1.19 bits per heavy atom. The highest BCUT2D eigenvalue weighted by molar-refractivity contribution is 6.11. The zero-order chi connectivity index (χ0) is 31.3. The summed E-state index contributed by atoms with van der Waals surface area (Å²) in [5.41, 5.74) is 10.7. The van der Waals surface area contributed by atoms with Gasteiger partial charge in [-0.25, -0.2) is 4.98 Å². The molecule has 0 radical (unpaired) electrons. The molecule has 0 fully saturated rings. The van der Waals surface area contributed by atoms with Crippen LogP contribution < -0.4 is 0 Å². The largest absolute Gasteiger partial charge is 0.456 e. The molecule has 0 unspecified atom stereocenters. The number of nitrogens with zero attached hydrogens (tertiary/aromatic N) is 4. The van der Waals surface area contributed by atoms with Gasteiger partial charge in [0.05, 0.1) is 11.0 Å². The Balaban J connectivity index is 1.26. The number of fused-ring (bicyclic) bond motifs is 9. The normalized spacial score (nSPS) is 13.5. The third-order valence-electron chi connectivity index (χ3n) is 9.87. The molecule has 6 aromatic carbocycles. The minimum atomic E-state index is -0.0978. The van der Waals surface area contributed by atoms with Gasteiger partial charge < -0.3 is 4.42 Å². The lowest BCUT2D eigenvalue weighted by Crippen LogP contribution is -2.14. The van der Waals surface area contributed by atoms with E-state index in [1.807, 2.05) is 54.6 Å². The summed E-state index contributed by atoms with van der Waals surface area (Å²) in [5, 5.41) is 4.52. The molecule has 3 heterocycles. The first kappa shape index (κ1) is 26.2. The van der Waals surface area contributed by atoms with E-state index in [0.717, 1.165) is 44.1 Å². The summed E-state index contributed by atoms with van der Waals surface area (Å²) >= 11 is 0. The molecule has 10 rings (SSSR count). The summed E-state index contributed by atoms with van der Waals surface area (Å²) in [5.74, 6) is 1.79. The van der Waals surface area contributed by atoms with Crippen LogP contribution in [0.1, 0.15) is 25.0 Å². The molecule has 3 aromatic heterocycles. The van der Waals surface area contributed by atoms with Crippen LogP contribution >= 0.6 is 0 Å². The molecule has 0 spiro atoms. The molecule has 0 aliphatic heterocycles. The average molecular weight is 605 g/mol. The van der Waals surface area contributed by atoms with Crippen molar-refractivity contribution < 1.29 is 4.42 Å². The van der Waals surface area contributed by atoms with Crippen LogP contribution in [0, 0.1) is 0 Å². The zero-order valence-electron chi connectivity index (χ0n) is 25.9. The Hall–Kier alpha value is -6.07. The second-order valence-electron chi connectivity index (χ2n) is 12.9. The van der Waals surface area contributed by atoms with E-state index in [-0.39, 0.29) is 5.41 Å². The first-order valence-corrected chi connectivity index (χ1v) is 16.0. The first-order chi connectivity index (χ1) is 23.0. The van der Waals surface area contributed by atoms with Gasteiger partial charge in [0.2, 0.25) is 5.95 Å². The van der Waals surface area contributed by atoms with Crippen molar-refractivity contribution in [2.45, 2.75) is 19.3 Å². The Kier molecular flexibility index (Phi) is 5.28. The number of hydrogen-bond acceptors (Lipinski definition) is 4. The van der Waals surface area contributed by atoms with Gasteiger partial charge >= 0.3 is 0 Å². The van der Waals surface area contributed by atoms with Crippen LogP contribution in [-0.2, 0) is 5.41 Å². The van der Waals surface area contributed by atoms with Crippen LogP contribution in [0.4, 0.5) is 0 Å². The van der Waals surface area contributed by atoms with Crippen LogP contribution in [0.3, 0.4) is 0 Å². The van der Waals surface area contributed by atoms with E-state index in [1.54, 1.807) is 0 Å². The molecule has 0 saturated heterocycles. The van der Waals surface area contributed by atoms with Crippen molar-refractivity contribution in [3.8, 4) is 39.9 Å². The van der Waals surface area contributed by atoms with Crippen LogP contribution in [0.2, 0.25) is 0 Å². The number of para-hydroxylation sites is 2. The molecular formula is C42H28N4O. The maximum absolute atomic E-state index is 6.26. The topological polar surface area (TPSA) is 56.7 Å². The smallest absolute Gasteiger partial charge is 0.238 e. The summed E-state index contributed by atoms with van der Waals surface area (Å²) in [6, 6.07) is 46.5. The summed E-state index contributed by atoms with van der Waals surface area (Å²) in [6.07, 6.45) is 0. The molecule has 5 nitrogen and oxygen atoms in total. The lowest BCUT2D eigenvalue weighted by molar-refractivity contribution is 0.661. The standard InChI is InChI=1S/C42H28N4O/c1-42(2)33-17-9-6-14-27(33)31-24-36-32(23-34(31)42)28-15-7-10-18-35(28)46(36)41-44-39(25-12-4-3-5-13-25)43-40(45-41)26-20-21-30-29-16-8-11-19-37(29)47-38(30)22-26/h3-24H,1-2H3. The predicted molar refractivity (Wildman–Crippen MR) is 190 cm³/mol. The number of benzene rings is 6. The van der Waals surface area contributed by atoms with Crippen molar-refractivity contribution in [3.63, 3.8) is 0 Å². The van der Waals surface area contributed by atoms with Gasteiger partial charge in [-0.15, -0.1) is 0 Å². The third kappa shape index (κ3) is 3.74. The highest BCUT2D eigenvalue weighted by atomic mass is 16.3. The van der Waals surface area contributed by atoms with E-state index >= 15 is 0 Å². The summed E-state index contributed by atoms with van der Waals surface area (Å²) in [4.78, 5) is 15.4. The average Bonchev–Trinajstić information content (AvgIpc) is 3.73. The van der Waals surface area contributed by atoms with E-state index in [2.05, 4.69) is 97.3 Å². The molecule has 0 N–H and O–H groups in total. The van der Waals surface area contributed by atoms with Gasteiger partial charge in [-0.1, -0.05) is 111 Å². The first-order valence-electron chi connectivity index (χ1n) is 16.0. The molecule has 9 aromatic rings. The third-order valence-corrected chi connectivity index (χ3v) is 9.87. The van der Waals surface area contributed by atoms with Crippen molar-refractivity contribution in [2.75, 3.05) is 0 Å². The van der Waals surface area contributed by atoms with Crippen LogP contribution in [0.25, 0.3) is 83.6 Å². The minimum absolute atomic E-state index is 0.0978. The summed E-state index contributed by atoms with van der Waals surface area (Å²) < 4.78 is 8.46. The van der Waals surface area contributed by atoms with E-state index in [4.69, 9.17) is 19.4 Å². The van der Waals surface area contributed by atoms with Gasteiger partial charge in [-0.3, -0.25) is 4.57 Å². The van der Waals surface area contributed by atoms with Crippen molar-refractivity contribution in [1.82, 2.24) is 19.5 Å². The monoisotopic (exact) mass is 604 g/mol. The second-order valence-corrected chi connectivity index (χ2v) is 12.9. The lowest BCUT2D eigenvalue weighted by atomic mass is 9.82. The van der Waals surface area contributed by atoms with Crippen molar-refractivity contribution in [3.05, 3.63) is 145 Å². The van der Waals surface area contributed by atoms with Crippen molar-refractivity contribution in [2.24, 2.45) is 0 Å².